The fourth-order valence-corrected chi connectivity index (χ4v) is 2.54. The van der Waals surface area contributed by atoms with Gasteiger partial charge in [-0.15, -0.1) is 11.3 Å². The number of carbonyl (C=O) groups excluding carboxylic acids is 1. The van der Waals surface area contributed by atoms with Gasteiger partial charge in [-0.1, -0.05) is 6.07 Å². The van der Waals surface area contributed by atoms with Crippen molar-refractivity contribution < 1.29 is 4.79 Å². The summed E-state index contributed by atoms with van der Waals surface area (Å²) in [5.74, 6) is 0.481. The van der Waals surface area contributed by atoms with Crippen LogP contribution in [0.15, 0.2) is 34.2 Å². The van der Waals surface area contributed by atoms with Gasteiger partial charge in [0.05, 0.1) is 4.88 Å². The third-order valence-corrected chi connectivity index (χ3v) is 3.72. The Morgan fingerprint density at radius 1 is 1.56 bits per heavy atom. The fraction of sp³-hybridized carbons (Fsp3) is 0.0909. The van der Waals surface area contributed by atoms with Crippen LogP contribution in [0.3, 0.4) is 0 Å². The number of anilines is 1. The third kappa shape index (κ3) is 2.48. The average Bonchev–Trinajstić information content (AvgIpc) is 2.68. The van der Waals surface area contributed by atoms with E-state index in [1.165, 1.54) is 11.3 Å². The van der Waals surface area contributed by atoms with Crippen LogP contribution < -0.4 is 5.32 Å². The Bertz CT molecular complexity index is 524. The number of rotatable bonds is 2. The molecule has 0 aliphatic heterocycles. The van der Waals surface area contributed by atoms with Crippen molar-refractivity contribution >= 4 is 39.0 Å². The van der Waals surface area contributed by atoms with Crippen molar-refractivity contribution in [1.82, 2.24) is 4.98 Å². The van der Waals surface area contributed by atoms with Gasteiger partial charge in [0.2, 0.25) is 0 Å². The highest BCUT2D eigenvalue weighted by molar-refractivity contribution is 9.10. The first-order chi connectivity index (χ1) is 7.66. The molecule has 2 rings (SSSR count). The molecule has 3 nitrogen and oxygen atoms in total. The largest absolute Gasteiger partial charge is 0.306 e. The van der Waals surface area contributed by atoms with Gasteiger partial charge < -0.3 is 5.32 Å². The molecule has 1 amide bonds. The number of aromatic nitrogens is 1. The number of nitrogens with zero attached hydrogens (tertiary/aromatic N) is 1. The molecule has 0 fully saturated rings. The summed E-state index contributed by atoms with van der Waals surface area (Å²) in [6, 6.07) is 5.54. The Labute approximate surface area is 106 Å². The van der Waals surface area contributed by atoms with Crippen LogP contribution in [0.1, 0.15) is 15.2 Å². The van der Waals surface area contributed by atoms with Crippen molar-refractivity contribution in [3.05, 3.63) is 44.7 Å². The number of hydrogen-bond acceptors (Lipinski definition) is 3. The maximum absolute atomic E-state index is 11.8. The van der Waals surface area contributed by atoms with Gasteiger partial charge in [-0.3, -0.25) is 4.79 Å². The van der Waals surface area contributed by atoms with E-state index in [0.717, 1.165) is 10.0 Å². The number of pyridine rings is 1. The topological polar surface area (TPSA) is 42.0 Å². The summed E-state index contributed by atoms with van der Waals surface area (Å²) in [5.41, 5.74) is 0.950. The molecule has 82 valence electrons. The van der Waals surface area contributed by atoms with E-state index in [1.807, 2.05) is 24.4 Å². The van der Waals surface area contributed by atoms with Crippen molar-refractivity contribution in [2.24, 2.45) is 0 Å². The zero-order chi connectivity index (χ0) is 11.5. The fourth-order valence-electron chi connectivity index (χ4n) is 1.22. The van der Waals surface area contributed by atoms with Gasteiger partial charge in [0, 0.05) is 16.0 Å². The molecule has 2 aromatic heterocycles. The van der Waals surface area contributed by atoms with Gasteiger partial charge in [-0.2, -0.15) is 0 Å². The maximum Gasteiger partial charge on any atom is 0.266 e. The molecule has 0 unspecified atom stereocenters. The molecule has 0 radical (unpaired) electrons. The second kappa shape index (κ2) is 4.76. The number of amides is 1. The molecule has 0 aliphatic carbocycles. The predicted octanol–water partition coefficient (Wildman–Crippen LogP) is 3.47. The van der Waals surface area contributed by atoms with Crippen LogP contribution in [0.5, 0.6) is 0 Å². The van der Waals surface area contributed by atoms with E-state index in [4.69, 9.17) is 0 Å². The number of nitrogens with one attached hydrogen (secondary N) is 1. The highest BCUT2D eigenvalue weighted by atomic mass is 79.9. The summed E-state index contributed by atoms with van der Waals surface area (Å²) in [4.78, 5) is 16.6. The average molecular weight is 297 g/mol. The maximum atomic E-state index is 11.8. The number of thiophene rings is 1. The van der Waals surface area contributed by atoms with E-state index in [2.05, 4.69) is 26.2 Å². The minimum atomic E-state index is -0.127. The van der Waals surface area contributed by atoms with Crippen LogP contribution >= 0.6 is 27.3 Å². The standard InChI is InChI=1S/C11H9BrN2OS/c1-7-3-2-4-13-10(7)14-11(15)9-5-8(12)6-16-9/h2-6H,1H3,(H,13,14,15). The zero-order valence-electron chi connectivity index (χ0n) is 8.53. The molecule has 0 spiro atoms. The van der Waals surface area contributed by atoms with Crippen molar-refractivity contribution in [3.63, 3.8) is 0 Å². The van der Waals surface area contributed by atoms with Gasteiger partial charge in [-0.25, -0.2) is 4.98 Å². The third-order valence-electron chi connectivity index (χ3n) is 2.03. The second-order valence-corrected chi connectivity index (χ2v) is 5.08. The Hall–Kier alpha value is -1.20. The van der Waals surface area contributed by atoms with Crippen molar-refractivity contribution in [2.45, 2.75) is 6.92 Å². The van der Waals surface area contributed by atoms with E-state index in [9.17, 15) is 4.79 Å². The lowest BCUT2D eigenvalue weighted by atomic mass is 10.3. The van der Waals surface area contributed by atoms with Crippen LogP contribution in [-0.4, -0.2) is 10.9 Å². The smallest absolute Gasteiger partial charge is 0.266 e. The molecule has 2 heterocycles. The van der Waals surface area contributed by atoms with E-state index in [-0.39, 0.29) is 5.91 Å². The van der Waals surface area contributed by atoms with Crippen LogP contribution in [0.25, 0.3) is 0 Å². The zero-order valence-corrected chi connectivity index (χ0v) is 10.9. The molecule has 0 atom stereocenters. The Balaban J connectivity index is 2.17. The number of halogens is 1. The lowest BCUT2D eigenvalue weighted by Gasteiger charge is -2.04. The first kappa shape index (κ1) is 11.3. The molecule has 0 aliphatic rings. The lowest BCUT2D eigenvalue weighted by molar-refractivity contribution is 0.103. The van der Waals surface area contributed by atoms with E-state index in [0.29, 0.717) is 10.7 Å². The minimum absolute atomic E-state index is 0.127. The second-order valence-electron chi connectivity index (χ2n) is 3.25. The molecule has 0 bridgehead atoms. The van der Waals surface area contributed by atoms with Gasteiger partial charge >= 0.3 is 0 Å². The molecule has 0 aromatic carbocycles. The summed E-state index contributed by atoms with van der Waals surface area (Å²) >= 11 is 4.71. The highest BCUT2D eigenvalue weighted by Gasteiger charge is 2.10. The Morgan fingerprint density at radius 3 is 3.00 bits per heavy atom. The Morgan fingerprint density at radius 2 is 2.38 bits per heavy atom. The summed E-state index contributed by atoms with van der Waals surface area (Å²) in [5, 5.41) is 4.65. The first-order valence-electron chi connectivity index (χ1n) is 4.64. The normalized spacial score (nSPS) is 10.1. The molecule has 16 heavy (non-hydrogen) atoms. The lowest BCUT2D eigenvalue weighted by Crippen LogP contribution is -2.12. The van der Waals surface area contributed by atoms with Gasteiger partial charge in [0.25, 0.3) is 5.91 Å². The minimum Gasteiger partial charge on any atom is -0.306 e. The molecular weight excluding hydrogens is 288 g/mol. The molecule has 2 aromatic rings. The number of carbonyl (C=O) groups is 1. The van der Waals surface area contributed by atoms with Crippen LogP contribution in [0.4, 0.5) is 5.82 Å². The van der Waals surface area contributed by atoms with E-state index in [1.54, 1.807) is 12.3 Å². The quantitative estimate of drug-likeness (QED) is 0.922. The van der Waals surface area contributed by atoms with E-state index < -0.39 is 0 Å². The summed E-state index contributed by atoms with van der Waals surface area (Å²) in [6.45, 7) is 1.91. The predicted molar refractivity (Wildman–Crippen MR) is 68.9 cm³/mol. The molecule has 5 heteroatoms. The SMILES string of the molecule is Cc1cccnc1NC(=O)c1cc(Br)cs1. The summed E-state index contributed by atoms with van der Waals surface area (Å²) < 4.78 is 0.917. The summed E-state index contributed by atoms with van der Waals surface area (Å²) in [7, 11) is 0. The first-order valence-corrected chi connectivity index (χ1v) is 6.31. The molecule has 0 saturated carbocycles. The Kier molecular flexibility index (Phi) is 3.36. The van der Waals surface area contributed by atoms with Crippen LogP contribution in [0, 0.1) is 6.92 Å². The van der Waals surface area contributed by atoms with Gasteiger partial charge in [0.15, 0.2) is 0 Å². The number of hydrogen-bond donors (Lipinski definition) is 1. The van der Waals surface area contributed by atoms with Crippen molar-refractivity contribution in [3.8, 4) is 0 Å². The molecular formula is C11H9BrN2OS. The molecule has 0 saturated heterocycles. The molecule has 1 N–H and O–H groups in total. The van der Waals surface area contributed by atoms with Crippen molar-refractivity contribution in [1.29, 1.82) is 0 Å². The number of aryl methyl sites for hydroxylation is 1. The highest BCUT2D eigenvalue weighted by Crippen LogP contribution is 2.21. The summed E-state index contributed by atoms with van der Waals surface area (Å²) in [6.07, 6.45) is 1.66. The van der Waals surface area contributed by atoms with Crippen molar-refractivity contribution in [2.75, 3.05) is 5.32 Å². The van der Waals surface area contributed by atoms with E-state index >= 15 is 0 Å². The van der Waals surface area contributed by atoms with Crippen LogP contribution in [-0.2, 0) is 0 Å². The monoisotopic (exact) mass is 296 g/mol. The van der Waals surface area contributed by atoms with Gasteiger partial charge in [-0.05, 0) is 40.5 Å². The van der Waals surface area contributed by atoms with Crippen LogP contribution in [0.2, 0.25) is 0 Å². The van der Waals surface area contributed by atoms with Gasteiger partial charge in [0.1, 0.15) is 5.82 Å².